The molecule has 2 aromatic rings. The Labute approximate surface area is 111 Å². The molecule has 18 heavy (non-hydrogen) atoms. The van der Waals surface area contributed by atoms with E-state index in [-0.39, 0.29) is 6.04 Å². The van der Waals surface area contributed by atoms with Gasteiger partial charge in [0.2, 0.25) is 0 Å². The molecule has 2 N–H and O–H groups in total. The molecule has 0 saturated heterocycles. The molecule has 0 bridgehead atoms. The second kappa shape index (κ2) is 4.78. The number of hydrogen-bond acceptors (Lipinski definition) is 3. The topological polar surface area (TPSA) is 43.8 Å². The van der Waals surface area contributed by atoms with E-state index in [1.807, 2.05) is 28.7 Å². The molecule has 0 amide bonds. The molecule has 3 rings (SSSR count). The lowest BCUT2D eigenvalue weighted by Crippen LogP contribution is -2.23. The predicted molar refractivity (Wildman–Crippen MR) is 74.7 cm³/mol. The lowest BCUT2D eigenvalue weighted by molar-refractivity contribution is 0.525. The van der Waals surface area contributed by atoms with Crippen LogP contribution in [0.4, 0.5) is 0 Å². The van der Waals surface area contributed by atoms with E-state index >= 15 is 0 Å². The van der Waals surface area contributed by atoms with E-state index < -0.39 is 0 Å². The second-order valence-corrected chi connectivity index (χ2v) is 5.61. The Kier molecular flexibility index (Phi) is 3.14. The lowest BCUT2D eigenvalue weighted by atomic mass is 9.92. The van der Waals surface area contributed by atoms with Crippen LogP contribution in [0.1, 0.15) is 30.1 Å². The van der Waals surface area contributed by atoms with Crippen molar-refractivity contribution < 1.29 is 0 Å². The molecule has 1 aromatic carbocycles. The minimum absolute atomic E-state index is 0.0311. The summed E-state index contributed by atoms with van der Waals surface area (Å²) in [5.41, 5.74) is 8.99. The Bertz CT molecular complexity index is 549. The SMILES string of the molecule is CCn1nccc1C(N)C1CSc2ccccc21. The van der Waals surface area contributed by atoms with E-state index in [1.54, 1.807) is 0 Å². The largest absolute Gasteiger partial charge is 0.322 e. The molecule has 94 valence electrons. The van der Waals surface area contributed by atoms with Gasteiger partial charge in [0, 0.05) is 29.3 Å². The van der Waals surface area contributed by atoms with Crippen LogP contribution in [0.3, 0.4) is 0 Å². The Morgan fingerprint density at radius 3 is 3.11 bits per heavy atom. The van der Waals surface area contributed by atoms with Crippen molar-refractivity contribution in [3.8, 4) is 0 Å². The quantitative estimate of drug-likeness (QED) is 0.921. The minimum Gasteiger partial charge on any atom is -0.322 e. The highest BCUT2D eigenvalue weighted by atomic mass is 32.2. The first kappa shape index (κ1) is 11.8. The first-order valence-electron chi connectivity index (χ1n) is 6.30. The normalized spacial score (nSPS) is 19.8. The van der Waals surface area contributed by atoms with Gasteiger partial charge in [-0.25, -0.2) is 0 Å². The van der Waals surface area contributed by atoms with Crippen LogP contribution in [-0.2, 0) is 6.54 Å². The minimum atomic E-state index is 0.0311. The van der Waals surface area contributed by atoms with Crippen LogP contribution in [0.25, 0.3) is 0 Å². The van der Waals surface area contributed by atoms with Crippen LogP contribution in [0.5, 0.6) is 0 Å². The Morgan fingerprint density at radius 2 is 2.28 bits per heavy atom. The Morgan fingerprint density at radius 1 is 1.44 bits per heavy atom. The van der Waals surface area contributed by atoms with Gasteiger partial charge in [-0.05, 0) is 24.6 Å². The van der Waals surface area contributed by atoms with Crippen molar-refractivity contribution in [2.24, 2.45) is 5.73 Å². The molecule has 0 saturated carbocycles. The van der Waals surface area contributed by atoms with Gasteiger partial charge in [-0.1, -0.05) is 18.2 Å². The van der Waals surface area contributed by atoms with E-state index in [1.165, 1.54) is 10.5 Å². The summed E-state index contributed by atoms with van der Waals surface area (Å²) in [5.74, 6) is 1.46. The number of aryl methyl sites for hydroxylation is 1. The maximum atomic E-state index is 6.46. The third kappa shape index (κ3) is 1.85. The summed E-state index contributed by atoms with van der Waals surface area (Å²) in [6.07, 6.45) is 1.84. The molecule has 0 fully saturated rings. The first-order valence-corrected chi connectivity index (χ1v) is 7.29. The number of rotatable bonds is 3. The molecular formula is C14H17N3S. The number of thioether (sulfide) groups is 1. The van der Waals surface area contributed by atoms with Gasteiger partial charge in [0.25, 0.3) is 0 Å². The van der Waals surface area contributed by atoms with Gasteiger partial charge >= 0.3 is 0 Å². The van der Waals surface area contributed by atoms with Gasteiger partial charge in [-0.15, -0.1) is 11.8 Å². The van der Waals surface area contributed by atoms with Crippen LogP contribution in [-0.4, -0.2) is 15.5 Å². The van der Waals surface area contributed by atoms with Crippen LogP contribution in [0, 0.1) is 0 Å². The zero-order valence-electron chi connectivity index (χ0n) is 10.4. The van der Waals surface area contributed by atoms with Crippen LogP contribution >= 0.6 is 11.8 Å². The number of hydrogen-bond donors (Lipinski definition) is 1. The van der Waals surface area contributed by atoms with E-state index in [0.29, 0.717) is 5.92 Å². The third-order valence-corrected chi connectivity index (χ3v) is 4.77. The van der Waals surface area contributed by atoms with Crippen molar-refractivity contribution in [2.75, 3.05) is 5.75 Å². The fraction of sp³-hybridized carbons (Fsp3) is 0.357. The van der Waals surface area contributed by atoms with Crippen molar-refractivity contribution in [3.05, 3.63) is 47.8 Å². The number of fused-ring (bicyclic) bond motifs is 1. The molecule has 2 heterocycles. The molecule has 2 atom stereocenters. The van der Waals surface area contributed by atoms with Gasteiger partial charge in [-0.3, -0.25) is 4.68 Å². The molecule has 1 aliphatic rings. The molecule has 4 heteroatoms. The van der Waals surface area contributed by atoms with Crippen molar-refractivity contribution in [3.63, 3.8) is 0 Å². The second-order valence-electron chi connectivity index (χ2n) is 4.55. The van der Waals surface area contributed by atoms with Crippen LogP contribution in [0.15, 0.2) is 41.4 Å². The van der Waals surface area contributed by atoms with E-state index in [2.05, 4.69) is 36.3 Å². The van der Waals surface area contributed by atoms with E-state index in [0.717, 1.165) is 18.0 Å². The summed E-state index contributed by atoms with van der Waals surface area (Å²) in [7, 11) is 0. The van der Waals surface area contributed by atoms with Crippen molar-refractivity contribution in [1.29, 1.82) is 0 Å². The molecule has 2 unspecified atom stereocenters. The van der Waals surface area contributed by atoms with Gasteiger partial charge in [0.05, 0.1) is 11.7 Å². The van der Waals surface area contributed by atoms with Crippen LogP contribution in [0.2, 0.25) is 0 Å². The first-order chi connectivity index (χ1) is 8.81. The summed E-state index contributed by atoms with van der Waals surface area (Å²) >= 11 is 1.91. The lowest BCUT2D eigenvalue weighted by Gasteiger charge is -2.20. The number of benzene rings is 1. The molecule has 0 aliphatic carbocycles. The standard InChI is InChI=1S/C14H17N3S/c1-2-17-12(7-8-16-17)14(15)11-9-18-13-6-4-3-5-10(11)13/h3-8,11,14H,2,9,15H2,1H3. The fourth-order valence-corrected chi connectivity index (χ4v) is 3.89. The highest BCUT2D eigenvalue weighted by Gasteiger charge is 2.30. The molecule has 1 aliphatic heterocycles. The zero-order chi connectivity index (χ0) is 12.5. The maximum absolute atomic E-state index is 6.46. The van der Waals surface area contributed by atoms with Gasteiger partial charge in [0.1, 0.15) is 0 Å². The van der Waals surface area contributed by atoms with E-state index in [4.69, 9.17) is 5.73 Å². The number of aromatic nitrogens is 2. The summed E-state index contributed by atoms with van der Waals surface area (Å²) < 4.78 is 2.00. The van der Waals surface area contributed by atoms with E-state index in [9.17, 15) is 0 Å². The van der Waals surface area contributed by atoms with Gasteiger partial charge in [0.15, 0.2) is 0 Å². The third-order valence-electron chi connectivity index (χ3n) is 3.56. The summed E-state index contributed by atoms with van der Waals surface area (Å²) in [6, 6.07) is 10.6. The average Bonchev–Trinajstić information content (AvgIpc) is 3.04. The average molecular weight is 259 g/mol. The molecule has 0 radical (unpaired) electrons. The fourth-order valence-electron chi connectivity index (χ4n) is 2.58. The van der Waals surface area contributed by atoms with Crippen molar-refractivity contribution in [1.82, 2.24) is 9.78 Å². The van der Waals surface area contributed by atoms with Gasteiger partial charge < -0.3 is 5.73 Å². The Balaban J connectivity index is 1.93. The molecule has 1 aromatic heterocycles. The zero-order valence-corrected chi connectivity index (χ0v) is 11.2. The smallest absolute Gasteiger partial charge is 0.0557 e. The predicted octanol–water partition coefficient (Wildman–Crippen LogP) is 2.79. The monoisotopic (exact) mass is 259 g/mol. The maximum Gasteiger partial charge on any atom is 0.0557 e. The summed E-state index contributed by atoms with van der Waals surface area (Å²) in [5, 5.41) is 4.31. The highest BCUT2D eigenvalue weighted by Crippen LogP contribution is 2.44. The summed E-state index contributed by atoms with van der Waals surface area (Å²) in [4.78, 5) is 1.38. The highest BCUT2D eigenvalue weighted by molar-refractivity contribution is 7.99. The van der Waals surface area contributed by atoms with Crippen molar-refractivity contribution >= 4 is 11.8 Å². The molecular weight excluding hydrogens is 242 g/mol. The Hall–Kier alpha value is -1.26. The van der Waals surface area contributed by atoms with Crippen molar-refractivity contribution in [2.45, 2.75) is 30.3 Å². The number of nitrogens with zero attached hydrogens (tertiary/aromatic N) is 2. The molecule has 3 nitrogen and oxygen atoms in total. The molecule has 0 spiro atoms. The summed E-state index contributed by atoms with van der Waals surface area (Å²) in [6.45, 7) is 2.97. The van der Waals surface area contributed by atoms with Crippen LogP contribution < -0.4 is 5.73 Å². The van der Waals surface area contributed by atoms with Gasteiger partial charge in [-0.2, -0.15) is 5.10 Å². The number of nitrogens with two attached hydrogens (primary N) is 1.